The second-order valence-corrected chi connectivity index (χ2v) is 7.59. The van der Waals surface area contributed by atoms with Crippen LogP contribution in [0.4, 0.5) is 10.5 Å². The fraction of sp³-hybridized carbons (Fsp3) is 0.304. The van der Waals surface area contributed by atoms with Gasteiger partial charge in [0.05, 0.1) is 0 Å². The summed E-state index contributed by atoms with van der Waals surface area (Å²) in [6.45, 7) is 3.95. The lowest BCUT2D eigenvalue weighted by Crippen LogP contribution is -2.42. The summed E-state index contributed by atoms with van der Waals surface area (Å²) in [4.78, 5) is 26.6. The Bertz CT molecular complexity index is 969. The van der Waals surface area contributed by atoms with Crippen LogP contribution in [-0.2, 0) is 0 Å². The first-order chi connectivity index (χ1) is 14.1. The number of hydrogen-bond acceptors (Lipinski definition) is 3. The number of aryl methyl sites for hydroxylation is 1. The summed E-state index contributed by atoms with van der Waals surface area (Å²) >= 11 is 0. The molecule has 29 heavy (non-hydrogen) atoms. The van der Waals surface area contributed by atoms with Gasteiger partial charge in [-0.25, -0.2) is 4.79 Å². The van der Waals surface area contributed by atoms with Gasteiger partial charge in [-0.05, 0) is 49.9 Å². The average molecular weight is 391 g/mol. The molecule has 2 aromatic carbocycles. The van der Waals surface area contributed by atoms with Crippen molar-refractivity contribution in [1.29, 1.82) is 0 Å². The Morgan fingerprint density at radius 3 is 2.52 bits per heavy atom. The van der Waals surface area contributed by atoms with Gasteiger partial charge in [0.1, 0.15) is 5.58 Å². The molecule has 0 atom stereocenters. The minimum absolute atomic E-state index is 0.0651. The van der Waals surface area contributed by atoms with Gasteiger partial charge in [-0.3, -0.25) is 4.79 Å². The molecule has 1 aliphatic heterocycles. The number of benzene rings is 2. The summed E-state index contributed by atoms with van der Waals surface area (Å²) in [5.41, 5.74) is 2.66. The van der Waals surface area contributed by atoms with Crippen molar-refractivity contribution in [3.63, 3.8) is 0 Å². The molecule has 0 aliphatic carbocycles. The van der Waals surface area contributed by atoms with Crippen LogP contribution in [0.2, 0.25) is 0 Å². The number of nitrogens with zero attached hydrogens (tertiary/aromatic N) is 1. The van der Waals surface area contributed by atoms with E-state index in [4.69, 9.17) is 4.42 Å². The standard InChI is InChI=1S/C23H25N3O3/c1-16-6-8-19(9-7-16)25-23(28)24-15-17-10-12-26(13-11-17)22(27)21-14-18-4-2-3-5-20(18)29-21/h2-9,14,17H,10-13,15H2,1H3,(H2,24,25,28). The Hall–Kier alpha value is -3.28. The summed E-state index contributed by atoms with van der Waals surface area (Å²) in [7, 11) is 0. The molecule has 1 aliphatic rings. The monoisotopic (exact) mass is 391 g/mol. The molecular weight excluding hydrogens is 366 g/mol. The van der Waals surface area contributed by atoms with E-state index in [1.54, 1.807) is 6.07 Å². The second kappa shape index (κ2) is 8.39. The molecule has 0 bridgehead atoms. The van der Waals surface area contributed by atoms with Crippen LogP contribution < -0.4 is 10.6 Å². The molecule has 3 aromatic rings. The molecular formula is C23H25N3O3. The SMILES string of the molecule is Cc1ccc(NC(=O)NCC2CCN(C(=O)c3cc4ccccc4o3)CC2)cc1. The molecule has 1 saturated heterocycles. The Kier molecular flexibility index (Phi) is 5.51. The van der Waals surface area contributed by atoms with Crippen LogP contribution in [0.3, 0.4) is 0 Å². The molecule has 150 valence electrons. The number of carbonyl (C=O) groups is 2. The Morgan fingerprint density at radius 2 is 1.79 bits per heavy atom. The third kappa shape index (κ3) is 4.59. The molecule has 0 saturated carbocycles. The normalized spacial score (nSPS) is 14.7. The topological polar surface area (TPSA) is 74.6 Å². The third-order valence-corrected chi connectivity index (χ3v) is 5.40. The molecule has 2 heterocycles. The minimum Gasteiger partial charge on any atom is -0.451 e. The quantitative estimate of drug-likeness (QED) is 0.692. The van der Waals surface area contributed by atoms with E-state index >= 15 is 0 Å². The smallest absolute Gasteiger partial charge is 0.319 e. The van der Waals surface area contributed by atoms with E-state index in [2.05, 4.69) is 10.6 Å². The molecule has 1 fully saturated rings. The first-order valence-electron chi connectivity index (χ1n) is 9.98. The highest BCUT2D eigenvalue weighted by molar-refractivity contribution is 5.96. The zero-order valence-electron chi connectivity index (χ0n) is 16.5. The summed E-state index contributed by atoms with van der Waals surface area (Å²) in [6, 6.07) is 16.9. The van der Waals surface area contributed by atoms with Crippen LogP contribution in [-0.4, -0.2) is 36.5 Å². The lowest BCUT2D eigenvalue weighted by Gasteiger charge is -2.31. The van der Waals surface area contributed by atoms with E-state index in [1.165, 1.54) is 0 Å². The number of nitrogens with one attached hydrogen (secondary N) is 2. The van der Waals surface area contributed by atoms with E-state index in [1.807, 2.05) is 60.4 Å². The third-order valence-electron chi connectivity index (χ3n) is 5.40. The number of likely N-dealkylation sites (tertiary alicyclic amines) is 1. The van der Waals surface area contributed by atoms with E-state index in [0.717, 1.165) is 35.1 Å². The summed E-state index contributed by atoms with van der Waals surface area (Å²) in [5.74, 6) is 0.684. The lowest BCUT2D eigenvalue weighted by molar-refractivity contribution is 0.0661. The largest absolute Gasteiger partial charge is 0.451 e. The van der Waals surface area contributed by atoms with Gasteiger partial charge in [-0.1, -0.05) is 35.9 Å². The number of anilines is 1. The molecule has 6 heteroatoms. The van der Waals surface area contributed by atoms with Gasteiger partial charge < -0.3 is 20.0 Å². The number of para-hydroxylation sites is 1. The van der Waals surface area contributed by atoms with Gasteiger partial charge in [-0.15, -0.1) is 0 Å². The first-order valence-corrected chi connectivity index (χ1v) is 9.98. The summed E-state index contributed by atoms with van der Waals surface area (Å²) < 4.78 is 5.70. The van der Waals surface area contributed by atoms with Gasteiger partial charge >= 0.3 is 6.03 Å². The number of fused-ring (bicyclic) bond motifs is 1. The fourth-order valence-electron chi connectivity index (χ4n) is 3.63. The van der Waals surface area contributed by atoms with Crippen molar-refractivity contribution >= 4 is 28.6 Å². The van der Waals surface area contributed by atoms with Crippen LogP contribution in [0.1, 0.15) is 29.0 Å². The van der Waals surface area contributed by atoms with Gasteiger partial charge in [0, 0.05) is 30.7 Å². The van der Waals surface area contributed by atoms with E-state index in [9.17, 15) is 9.59 Å². The highest BCUT2D eigenvalue weighted by Crippen LogP contribution is 2.23. The minimum atomic E-state index is -0.199. The van der Waals surface area contributed by atoms with E-state index < -0.39 is 0 Å². The fourth-order valence-corrected chi connectivity index (χ4v) is 3.63. The predicted octanol–water partition coefficient (Wildman–Crippen LogP) is 4.42. The maximum Gasteiger partial charge on any atom is 0.319 e. The lowest BCUT2D eigenvalue weighted by atomic mass is 9.96. The Balaban J connectivity index is 1.24. The molecule has 0 unspecified atom stereocenters. The molecule has 6 nitrogen and oxygen atoms in total. The molecule has 0 spiro atoms. The van der Waals surface area contributed by atoms with Crippen molar-refractivity contribution in [3.8, 4) is 0 Å². The van der Waals surface area contributed by atoms with Crippen LogP contribution in [0.25, 0.3) is 11.0 Å². The molecule has 0 radical (unpaired) electrons. The molecule has 4 rings (SSSR count). The van der Waals surface area contributed by atoms with Crippen LogP contribution in [0, 0.1) is 12.8 Å². The van der Waals surface area contributed by atoms with Crippen LogP contribution in [0.5, 0.6) is 0 Å². The van der Waals surface area contributed by atoms with Gasteiger partial charge in [-0.2, -0.15) is 0 Å². The van der Waals surface area contributed by atoms with E-state index in [0.29, 0.717) is 31.3 Å². The average Bonchev–Trinajstić information content (AvgIpc) is 3.18. The van der Waals surface area contributed by atoms with Gasteiger partial charge in [0.15, 0.2) is 5.76 Å². The molecule has 1 aromatic heterocycles. The summed E-state index contributed by atoms with van der Waals surface area (Å²) in [5, 5.41) is 6.72. The number of piperidine rings is 1. The summed E-state index contributed by atoms with van der Waals surface area (Å²) in [6.07, 6.45) is 1.72. The van der Waals surface area contributed by atoms with Crippen molar-refractivity contribution < 1.29 is 14.0 Å². The van der Waals surface area contributed by atoms with Gasteiger partial charge in [0.2, 0.25) is 0 Å². The predicted molar refractivity (Wildman–Crippen MR) is 113 cm³/mol. The molecule has 3 amide bonds. The first kappa shape index (κ1) is 19.1. The number of hydrogen-bond donors (Lipinski definition) is 2. The van der Waals surface area contributed by atoms with Crippen molar-refractivity contribution in [2.75, 3.05) is 25.0 Å². The Morgan fingerprint density at radius 1 is 1.07 bits per heavy atom. The van der Waals surface area contributed by atoms with Crippen molar-refractivity contribution in [2.24, 2.45) is 5.92 Å². The zero-order chi connectivity index (χ0) is 20.2. The number of carbonyl (C=O) groups excluding carboxylic acids is 2. The van der Waals surface area contributed by atoms with E-state index in [-0.39, 0.29) is 11.9 Å². The highest BCUT2D eigenvalue weighted by Gasteiger charge is 2.26. The van der Waals surface area contributed by atoms with Crippen molar-refractivity contribution in [1.82, 2.24) is 10.2 Å². The van der Waals surface area contributed by atoms with Gasteiger partial charge in [0.25, 0.3) is 5.91 Å². The number of rotatable bonds is 4. The maximum atomic E-state index is 12.7. The van der Waals surface area contributed by atoms with Crippen molar-refractivity contribution in [2.45, 2.75) is 19.8 Å². The van der Waals surface area contributed by atoms with Crippen LogP contribution in [0.15, 0.2) is 59.0 Å². The second-order valence-electron chi connectivity index (χ2n) is 7.59. The number of amides is 3. The Labute approximate surface area is 169 Å². The molecule has 2 N–H and O–H groups in total. The number of urea groups is 1. The van der Waals surface area contributed by atoms with Crippen molar-refractivity contribution in [3.05, 3.63) is 65.9 Å². The zero-order valence-corrected chi connectivity index (χ0v) is 16.5. The highest BCUT2D eigenvalue weighted by atomic mass is 16.3. The number of furan rings is 1. The van der Waals surface area contributed by atoms with Crippen LogP contribution >= 0.6 is 0 Å². The maximum absolute atomic E-state index is 12.7.